The van der Waals surface area contributed by atoms with Crippen molar-refractivity contribution in [3.63, 3.8) is 0 Å². The molecule has 2 aromatic carbocycles. The molecule has 10 nitrogen and oxygen atoms in total. The van der Waals surface area contributed by atoms with E-state index in [1.165, 1.54) is 0 Å². The number of pyridine rings is 1. The monoisotopic (exact) mass is 530 g/mol. The minimum absolute atomic E-state index is 0.0544. The molecule has 194 valence electrons. The fraction of sp³-hybridized carbons (Fsp3) is 0.259. The van der Waals surface area contributed by atoms with Crippen molar-refractivity contribution in [3.05, 3.63) is 72.4 Å². The van der Waals surface area contributed by atoms with Gasteiger partial charge in [-0.2, -0.15) is 0 Å². The first-order chi connectivity index (χ1) is 18.3. The molecule has 1 amide bonds. The number of imidazole rings is 2. The third-order valence-corrected chi connectivity index (χ3v) is 8.60. The summed E-state index contributed by atoms with van der Waals surface area (Å²) in [7, 11) is -1.81. The van der Waals surface area contributed by atoms with Crippen LogP contribution in [0.4, 0.5) is 0 Å². The normalized spacial score (nSPS) is 17.2. The minimum atomic E-state index is -3.36. The van der Waals surface area contributed by atoms with Crippen LogP contribution in [0, 0.1) is 6.92 Å². The van der Waals surface area contributed by atoms with Gasteiger partial charge in [0, 0.05) is 11.9 Å². The van der Waals surface area contributed by atoms with E-state index in [9.17, 15) is 13.2 Å². The van der Waals surface area contributed by atoms with Crippen LogP contribution >= 0.6 is 0 Å². The average molecular weight is 531 g/mol. The first-order valence-electron chi connectivity index (χ1n) is 12.2. The second-order valence-electron chi connectivity index (χ2n) is 9.37. The van der Waals surface area contributed by atoms with Gasteiger partial charge in [-0.15, -0.1) is 0 Å². The summed E-state index contributed by atoms with van der Waals surface area (Å²) in [5.74, 6) is 1.05. The van der Waals surface area contributed by atoms with E-state index in [0.717, 1.165) is 27.8 Å². The lowest BCUT2D eigenvalue weighted by atomic mass is 10.1. The Balaban J connectivity index is 1.35. The van der Waals surface area contributed by atoms with Crippen LogP contribution in [0.3, 0.4) is 0 Å². The predicted octanol–water partition coefficient (Wildman–Crippen LogP) is 3.29. The van der Waals surface area contributed by atoms with Gasteiger partial charge in [0.25, 0.3) is 0 Å². The molecule has 0 spiro atoms. The molecular weight excluding hydrogens is 504 g/mol. The number of para-hydroxylation sites is 3. The molecule has 4 heterocycles. The van der Waals surface area contributed by atoms with E-state index in [0.29, 0.717) is 23.0 Å². The van der Waals surface area contributed by atoms with Crippen molar-refractivity contribution in [2.45, 2.75) is 19.5 Å². The number of methoxy groups -OCH3 is 1. The Morgan fingerprint density at radius 3 is 2.68 bits per heavy atom. The number of hydrogen-bond acceptors (Lipinski definition) is 7. The number of H-pyrrole nitrogens is 1. The number of fused-ring (bicyclic) bond motifs is 2. The molecule has 1 fully saturated rings. The number of ether oxygens (including phenoxy) is 1. The molecule has 1 unspecified atom stereocenters. The third kappa shape index (κ3) is 4.28. The molecular formula is C27H26N6O4S. The van der Waals surface area contributed by atoms with Gasteiger partial charge in [-0.25, -0.2) is 23.4 Å². The molecule has 1 N–H and O–H groups in total. The summed E-state index contributed by atoms with van der Waals surface area (Å²) in [5.41, 5.74) is 3.79. The van der Waals surface area contributed by atoms with E-state index in [4.69, 9.17) is 4.74 Å². The number of aryl methyl sites for hydroxylation is 1. The summed E-state index contributed by atoms with van der Waals surface area (Å²) in [6.45, 7) is 2.00. The van der Waals surface area contributed by atoms with E-state index in [2.05, 4.69) is 19.9 Å². The smallest absolute Gasteiger partial charge is 0.243 e. The van der Waals surface area contributed by atoms with Crippen molar-refractivity contribution in [3.8, 4) is 17.1 Å². The number of nitrogens with one attached hydrogen (secondary N) is 1. The van der Waals surface area contributed by atoms with Gasteiger partial charge in [-0.3, -0.25) is 4.79 Å². The maximum Gasteiger partial charge on any atom is 0.243 e. The Bertz CT molecular complexity index is 1790. The molecule has 1 saturated heterocycles. The molecule has 1 aliphatic rings. The van der Waals surface area contributed by atoms with Crippen LogP contribution in [0.15, 0.2) is 60.8 Å². The van der Waals surface area contributed by atoms with Crippen LogP contribution in [0.1, 0.15) is 17.7 Å². The molecule has 1 aliphatic heterocycles. The number of sulfone groups is 1. The van der Waals surface area contributed by atoms with Crippen molar-refractivity contribution in [2.24, 2.45) is 0 Å². The van der Waals surface area contributed by atoms with E-state index in [-0.39, 0.29) is 30.5 Å². The molecule has 0 bridgehead atoms. The highest BCUT2D eigenvalue weighted by atomic mass is 32.2. The fourth-order valence-corrected chi connectivity index (χ4v) is 6.50. The van der Waals surface area contributed by atoms with Gasteiger partial charge in [0.2, 0.25) is 11.8 Å². The minimum Gasteiger partial charge on any atom is -0.480 e. The third-order valence-electron chi connectivity index (χ3n) is 6.97. The quantitative estimate of drug-likeness (QED) is 0.370. The van der Waals surface area contributed by atoms with Gasteiger partial charge < -0.3 is 19.2 Å². The molecule has 6 rings (SSSR count). The lowest BCUT2D eigenvalue weighted by Crippen LogP contribution is -2.47. The maximum absolute atomic E-state index is 13.6. The van der Waals surface area contributed by atoms with Crippen LogP contribution in [0.25, 0.3) is 33.2 Å². The van der Waals surface area contributed by atoms with E-state index >= 15 is 0 Å². The van der Waals surface area contributed by atoms with Crippen molar-refractivity contribution in [1.82, 2.24) is 29.4 Å². The summed E-state index contributed by atoms with van der Waals surface area (Å²) in [5, 5.41) is 0.930. The molecule has 0 radical (unpaired) electrons. The average Bonchev–Trinajstić information content (AvgIpc) is 3.52. The molecule has 0 saturated carbocycles. The number of rotatable bonds is 5. The number of amides is 1. The highest BCUT2D eigenvalue weighted by molar-refractivity contribution is 7.91. The van der Waals surface area contributed by atoms with Gasteiger partial charge >= 0.3 is 0 Å². The summed E-state index contributed by atoms with van der Waals surface area (Å²) in [6, 6.07) is 16.5. The SMILES string of the molecule is COc1nc2ccccc2cc1-c1cnc(C2CS(=O)(=O)CCN2C(=O)Cn2c(C)nc3ccccc32)[nH]1. The Morgan fingerprint density at radius 2 is 1.87 bits per heavy atom. The molecule has 1 atom stereocenters. The van der Waals surface area contributed by atoms with E-state index < -0.39 is 15.9 Å². The zero-order chi connectivity index (χ0) is 26.4. The van der Waals surface area contributed by atoms with Gasteiger partial charge in [-0.1, -0.05) is 30.3 Å². The number of hydrogen-bond donors (Lipinski definition) is 1. The zero-order valence-electron chi connectivity index (χ0n) is 21.0. The van der Waals surface area contributed by atoms with Crippen molar-refractivity contribution in [1.29, 1.82) is 0 Å². The maximum atomic E-state index is 13.6. The summed E-state index contributed by atoms with van der Waals surface area (Å²) < 4.78 is 32.7. The fourth-order valence-electron chi connectivity index (χ4n) is 5.04. The Hall–Kier alpha value is -4.25. The second kappa shape index (κ2) is 9.25. The van der Waals surface area contributed by atoms with Crippen LogP contribution in [0.2, 0.25) is 0 Å². The van der Waals surface area contributed by atoms with Gasteiger partial charge in [0.15, 0.2) is 9.84 Å². The van der Waals surface area contributed by atoms with Crippen LogP contribution in [-0.2, 0) is 21.2 Å². The summed E-state index contributed by atoms with van der Waals surface area (Å²) in [4.78, 5) is 32.1. The lowest BCUT2D eigenvalue weighted by Gasteiger charge is -2.34. The number of carbonyl (C=O) groups excluding carboxylic acids is 1. The molecule has 3 aromatic heterocycles. The predicted molar refractivity (Wildman–Crippen MR) is 143 cm³/mol. The van der Waals surface area contributed by atoms with Crippen LogP contribution in [0.5, 0.6) is 5.88 Å². The van der Waals surface area contributed by atoms with Gasteiger partial charge in [0.05, 0.1) is 52.6 Å². The van der Waals surface area contributed by atoms with Crippen molar-refractivity contribution >= 4 is 37.7 Å². The van der Waals surface area contributed by atoms with Crippen molar-refractivity contribution in [2.75, 3.05) is 25.2 Å². The zero-order valence-corrected chi connectivity index (χ0v) is 21.8. The molecule has 5 aromatic rings. The summed E-state index contributed by atoms with van der Waals surface area (Å²) >= 11 is 0. The largest absolute Gasteiger partial charge is 0.480 e. The highest BCUT2D eigenvalue weighted by Crippen LogP contribution is 2.33. The van der Waals surface area contributed by atoms with Crippen molar-refractivity contribution < 1.29 is 17.9 Å². The van der Waals surface area contributed by atoms with E-state index in [1.54, 1.807) is 18.2 Å². The van der Waals surface area contributed by atoms with Crippen LogP contribution < -0.4 is 4.74 Å². The second-order valence-corrected chi connectivity index (χ2v) is 11.6. The number of aromatic nitrogens is 5. The highest BCUT2D eigenvalue weighted by Gasteiger charge is 2.37. The number of nitrogens with zero attached hydrogens (tertiary/aromatic N) is 5. The van der Waals surface area contributed by atoms with E-state index in [1.807, 2.05) is 66.1 Å². The molecule has 38 heavy (non-hydrogen) atoms. The first-order valence-corrected chi connectivity index (χ1v) is 14.1. The number of aromatic amines is 1. The number of benzene rings is 2. The topological polar surface area (TPSA) is 123 Å². The Kier molecular flexibility index (Phi) is 5.87. The molecule has 11 heteroatoms. The van der Waals surface area contributed by atoms with Gasteiger partial charge in [-0.05, 0) is 31.2 Å². The van der Waals surface area contributed by atoms with Gasteiger partial charge in [0.1, 0.15) is 24.2 Å². The first kappa shape index (κ1) is 24.1. The Labute approximate surface area is 219 Å². The lowest BCUT2D eigenvalue weighted by molar-refractivity contribution is -0.134. The summed E-state index contributed by atoms with van der Waals surface area (Å²) in [6.07, 6.45) is 1.63. The Morgan fingerprint density at radius 1 is 1.11 bits per heavy atom. The van der Waals surface area contributed by atoms with Crippen LogP contribution in [-0.4, -0.2) is 68.9 Å². The molecule has 0 aliphatic carbocycles. The standard InChI is InChI=1S/C27H26N6O4S/c1-17-29-21-9-5-6-10-23(21)33(17)15-25(34)32-11-12-38(35,36)16-24(32)26-28-14-22(30-26)19-13-18-7-3-4-8-20(18)31-27(19)37-2/h3-10,13-14,24H,11-12,15-16H2,1-2H3,(H,28,30). The number of carbonyl (C=O) groups is 1.